The van der Waals surface area contributed by atoms with E-state index in [1.54, 1.807) is 29.1 Å². The van der Waals surface area contributed by atoms with Crippen molar-refractivity contribution in [1.82, 2.24) is 19.4 Å². The molecule has 1 N–H and O–H groups in total. The summed E-state index contributed by atoms with van der Waals surface area (Å²) >= 11 is 7.70. The zero-order valence-electron chi connectivity index (χ0n) is 15.4. The molecule has 1 aliphatic rings. The van der Waals surface area contributed by atoms with E-state index in [-0.39, 0.29) is 16.3 Å². The average Bonchev–Trinajstić information content (AvgIpc) is 3.17. The third kappa shape index (κ3) is 3.06. The highest BCUT2D eigenvalue weighted by atomic mass is 35.5. The molecule has 1 amide bonds. The fourth-order valence-electron chi connectivity index (χ4n) is 3.49. The Morgan fingerprint density at radius 2 is 2.26 bits per heavy atom. The van der Waals surface area contributed by atoms with Crippen LogP contribution >= 0.6 is 22.9 Å². The molecule has 7 nitrogen and oxygen atoms in total. The second-order valence-corrected chi connectivity index (χ2v) is 8.44. The van der Waals surface area contributed by atoms with Crippen LogP contribution in [0.1, 0.15) is 47.0 Å². The van der Waals surface area contributed by atoms with Crippen LogP contribution < -0.4 is 11.0 Å². The molecule has 0 spiro atoms. The van der Waals surface area contributed by atoms with Gasteiger partial charge in [0.05, 0.1) is 10.4 Å². The minimum absolute atomic E-state index is 0.0890. The molecule has 3 heterocycles. The highest BCUT2D eigenvalue weighted by Gasteiger charge is 2.25. The maximum absolute atomic E-state index is 13.1. The zero-order valence-corrected chi connectivity index (χ0v) is 16.9. The highest BCUT2D eigenvalue weighted by molar-refractivity contribution is 7.18. The van der Waals surface area contributed by atoms with Crippen LogP contribution in [0.4, 0.5) is 0 Å². The number of rotatable bonds is 3. The average molecular weight is 406 g/mol. The predicted molar refractivity (Wildman–Crippen MR) is 106 cm³/mol. The van der Waals surface area contributed by atoms with E-state index in [0.717, 1.165) is 29.7 Å². The number of thiophene rings is 1. The first-order chi connectivity index (χ1) is 12.9. The molecule has 1 atom stereocenters. The van der Waals surface area contributed by atoms with Gasteiger partial charge in [-0.3, -0.25) is 19.7 Å². The Labute approximate surface area is 164 Å². The monoisotopic (exact) mass is 405 g/mol. The van der Waals surface area contributed by atoms with E-state index in [4.69, 9.17) is 11.6 Å². The van der Waals surface area contributed by atoms with Crippen molar-refractivity contribution in [2.45, 2.75) is 46.6 Å². The molecule has 0 fully saturated rings. The lowest BCUT2D eigenvalue weighted by Gasteiger charge is -2.17. The van der Waals surface area contributed by atoms with Crippen LogP contribution in [0.25, 0.3) is 10.2 Å². The molecule has 0 saturated heterocycles. The lowest BCUT2D eigenvalue weighted by Crippen LogP contribution is -2.36. The molecule has 0 aliphatic heterocycles. The third-order valence-corrected chi connectivity index (χ3v) is 6.39. The number of carbonyl (C=O) groups excluding carboxylic acids is 1. The summed E-state index contributed by atoms with van der Waals surface area (Å²) in [6.07, 6.45) is 4.50. The van der Waals surface area contributed by atoms with Crippen molar-refractivity contribution in [3.05, 3.63) is 43.5 Å². The molecule has 1 aliphatic carbocycles. The highest BCUT2D eigenvalue weighted by Crippen LogP contribution is 2.35. The van der Waals surface area contributed by atoms with Crippen molar-refractivity contribution in [2.75, 3.05) is 5.43 Å². The van der Waals surface area contributed by atoms with Crippen LogP contribution in [0.2, 0.25) is 5.02 Å². The Kier molecular flexibility index (Phi) is 4.55. The van der Waals surface area contributed by atoms with Gasteiger partial charge in [0.25, 0.3) is 11.5 Å². The normalized spacial score (nSPS) is 16.5. The Morgan fingerprint density at radius 3 is 2.96 bits per heavy atom. The second kappa shape index (κ2) is 6.76. The SMILES string of the molecule is CCn1cc(Cl)c(C(=O)Nn2c(C)nc3sc4c(c3c2=O)CCC(C)C4)n1. The first-order valence-corrected chi connectivity index (χ1v) is 10.2. The van der Waals surface area contributed by atoms with Crippen molar-refractivity contribution in [1.29, 1.82) is 0 Å². The number of amides is 1. The molecule has 0 radical (unpaired) electrons. The second-order valence-electron chi connectivity index (χ2n) is 6.95. The summed E-state index contributed by atoms with van der Waals surface area (Å²) in [4.78, 5) is 32.3. The summed E-state index contributed by atoms with van der Waals surface area (Å²) in [7, 11) is 0. The van der Waals surface area contributed by atoms with Gasteiger partial charge in [-0.2, -0.15) is 5.10 Å². The number of fused-ring (bicyclic) bond motifs is 3. The summed E-state index contributed by atoms with van der Waals surface area (Å²) in [5, 5.41) is 5.02. The molecule has 0 bridgehead atoms. The van der Waals surface area contributed by atoms with Crippen LogP contribution in [0, 0.1) is 12.8 Å². The Balaban J connectivity index is 1.77. The van der Waals surface area contributed by atoms with Crippen molar-refractivity contribution in [3.63, 3.8) is 0 Å². The fraction of sp³-hybridized carbons (Fsp3) is 0.444. The fourth-order valence-corrected chi connectivity index (χ4v) is 5.15. The van der Waals surface area contributed by atoms with Crippen LogP contribution in [0.3, 0.4) is 0 Å². The molecule has 0 saturated carbocycles. The minimum Gasteiger partial charge on any atom is -0.271 e. The molecular weight excluding hydrogens is 386 g/mol. The van der Waals surface area contributed by atoms with Crippen LogP contribution in [0.15, 0.2) is 11.0 Å². The van der Waals surface area contributed by atoms with E-state index < -0.39 is 5.91 Å². The largest absolute Gasteiger partial charge is 0.292 e. The first kappa shape index (κ1) is 18.2. The maximum Gasteiger partial charge on any atom is 0.292 e. The van der Waals surface area contributed by atoms with E-state index >= 15 is 0 Å². The van der Waals surface area contributed by atoms with Crippen molar-refractivity contribution in [2.24, 2.45) is 5.92 Å². The Morgan fingerprint density at radius 1 is 1.48 bits per heavy atom. The number of hydrogen-bond acceptors (Lipinski definition) is 5. The predicted octanol–water partition coefficient (Wildman–Crippen LogP) is 3.14. The number of halogens is 1. The molecule has 0 aromatic carbocycles. The van der Waals surface area contributed by atoms with E-state index in [0.29, 0.717) is 23.7 Å². The van der Waals surface area contributed by atoms with Crippen molar-refractivity contribution >= 4 is 39.1 Å². The van der Waals surface area contributed by atoms with Crippen LogP contribution in [0.5, 0.6) is 0 Å². The van der Waals surface area contributed by atoms with Gasteiger partial charge >= 0.3 is 0 Å². The van der Waals surface area contributed by atoms with Gasteiger partial charge in [0.2, 0.25) is 0 Å². The number of aryl methyl sites for hydroxylation is 3. The van der Waals surface area contributed by atoms with Crippen molar-refractivity contribution in [3.8, 4) is 0 Å². The van der Waals surface area contributed by atoms with Gasteiger partial charge in [0.1, 0.15) is 10.7 Å². The number of nitrogens with one attached hydrogen (secondary N) is 1. The van der Waals surface area contributed by atoms with Crippen LogP contribution in [-0.2, 0) is 19.4 Å². The van der Waals surface area contributed by atoms with Crippen LogP contribution in [-0.4, -0.2) is 25.3 Å². The number of hydrogen-bond donors (Lipinski definition) is 1. The molecule has 27 heavy (non-hydrogen) atoms. The van der Waals surface area contributed by atoms with Crippen molar-refractivity contribution < 1.29 is 4.79 Å². The van der Waals surface area contributed by atoms with Gasteiger partial charge in [0, 0.05) is 17.6 Å². The first-order valence-electron chi connectivity index (χ1n) is 8.97. The molecule has 3 aromatic heterocycles. The summed E-state index contributed by atoms with van der Waals surface area (Å²) in [5.41, 5.74) is 3.55. The number of carbonyl (C=O) groups is 1. The van der Waals surface area contributed by atoms with E-state index in [1.807, 2.05) is 6.92 Å². The van der Waals surface area contributed by atoms with Gasteiger partial charge in [-0.15, -0.1) is 11.3 Å². The standard InChI is InChI=1S/C18H20ClN5O2S/c1-4-23-8-12(19)15(21-23)16(25)22-24-10(3)20-17-14(18(24)26)11-6-5-9(2)7-13(11)27-17/h8-9H,4-7H2,1-3H3,(H,22,25). The topological polar surface area (TPSA) is 81.8 Å². The molecular formula is C18H20ClN5O2S. The minimum atomic E-state index is -0.531. The van der Waals surface area contributed by atoms with Gasteiger partial charge < -0.3 is 0 Å². The van der Waals surface area contributed by atoms with E-state index in [9.17, 15) is 9.59 Å². The van der Waals surface area contributed by atoms with E-state index in [2.05, 4.69) is 22.4 Å². The molecule has 3 aromatic rings. The van der Waals surface area contributed by atoms with Gasteiger partial charge in [-0.05, 0) is 44.6 Å². The Hall–Kier alpha value is -2.19. The number of aromatic nitrogens is 4. The molecule has 9 heteroatoms. The zero-order chi connectivity index (χ0) is 19.3. The smallest absolute Gasteiger partial charge is 0.271 e. The summed E-state index contributed by atoms with van der Waals surface area (Å²) in [5.74, 6) is 0.513. The lowest BCUT2D eigenvalue weighted by atomic mass is 9.89. The van der Waals surface area contributed by atoms with Gasteiger partial charge in [0.15, 0.2) is 5.69 Å². The molecule has 4 rings (SSSR count). The Bertz CT molecular complexity index is 1110. The lowest BCUT2D eigenvalue weighted by molar-refractivity contribution is 0.100. The molecule has 142 valence electrons. The summed E-state index contributed by atoms with van der Waals surface area (Å²) < 4.78 is 2.78. The summed E-state index contributed by atoms with van der Waals surface area (Å²) in [6, 6.07) is 0. The summed E-state index contributed by atoms with van der Waals surface area (Å²) in [6.45, 7) is 6.43. The number of nitrogens with zero attached hydrogens (tertiary/aromatic N) is 4. The van der Waals surface area contributed by atoms with E-state index in [1.165, 1.54) is 9.55 Å². The molecule has 1 unspecified atom stereocenters. The maximum atomic E-state index is 13.1. The third-order valence-electron chi connectivity index (χ3n) is 4.97. The quantitative estimate of drug-likeness (QED) is 0.725. The van der Waals surface area contributed by atoms with Gasteiger partial charge in [-0.25, -0.2) is 9.66 Å². The van der Waals surface area contributed by atoms with Gasteiger partial charge in [-0.1, -0.05) is 18.5 Å².